The van der Waals surface area contributed by atoms with Crippen LogP contribution in [0.4, 0.5) is 0 Å². The molecule has 3 N–H and O–H groups in total. The Morgan fingerprint density at radius 2 is 1.84 bits per heavy atom. The van der Waals surface area contributed by atoms with Gasteiger partial charge >= 0.3 is 0 Å². The summed E-state index contributed by atoms with van der Waals surface area (Å²) in [7, 11) is 0. The predicted octanol–water partition coefficient (Wildman–Crippen LogP) is 3.21. The number of carbonyl (C=O) groups is 1. The molecule has 25 heavy (non-hydrogen) atoms. The zero-order chi connectivity index (χ0) is 17.8. The van der Waals surface area contributed by atoms with E-state index in [1.807, 2.05) is 6.07 Å². The van der Waals surface area contributed by atoms with Crippen LogP contribution in [0.5, 0.6) is 0 Å². The number of fused-ring (bicyclic) bond motifs is 1. The Morgan fingerprint density at radius 3 is 2.48 bits per heavy atom. The fourth-order valence-electron chi connectivity index (χ4n) is 3.02. The van der Waals surface area contributed by atoms with E-state index in [1.165, 1.54) is 5.56 Å². The number of likely N-dealkylation sites (N-methyl/N-ethyl adjacent to an activating group) is 1. The van der Waals surface area contributed by atoms with Crippen LogP contribution in [0.2, 0.25) is 0 Å². The van der Waals surface area contributed by atoms with Gasteiger partial charge in [0.1, 0.15) is 11.3 Å². The molecule has 1 aromatic heterocycles. The number of aromatic nitrogens is 2. The second kappa shape index (κ2) is 7.49. The van der Waals surface area contributed by atoms with Gasteiger partial charge in [-0.25, -0.2) is 4.98 Å². The van der Waals surface area contributed by atoms with E-state index in [9.17, 15) is 4.79 Å². The maximum Gasteiger partial charge on any atom is 0.250 e. The van der Waals surface area contributed by atoms with Crippen LogP contribution in [0, 0.1) is 0 Å². The summed E-state index contributed by atoms with van der Waals surface area (Å²) in [5, 5.41) is 0. The molecule has 2 aromatic carbocycles. The summed E-state index contributed by atoms with van der Waals surface area (Å²) in [5.41, 5.74) is 9.62. The van der Waals surface area contributed by atoms with Crippen LogP contribution in [0.3, 0.4) is 0 Å². The van der Waals surface area contributed by atoms with Crippen LogP contribution in [-0.4, -0.2) is 40.4 Å². The summed E-state index contributed by atoms with van der Waals surface area (Å²) in [6.07, 6.45) is 1.04. The smallest absolute Gasteiger partial charge is 0.250 e. The molecule has 5 nitrogen and oxygen atoms in total. The van der Waals surface area contributed by atoms with Crippen molar-refractivity contribution in [1.29, 1.82) is 0 Å². The third-order valence-corrected chi connectivity index (χ3v) is 4.62. The summed E-state index contributed by atoms with van der Waals surface area (Å²) in [5.74, 6) is 0.286. The highest BCUT2D eigenvalue weighted by Crippen LogP contribution is 2.23. The molecule has 0 fully saturated rings. The molecule has 0 radical (unpaired) electrons. The van der Waals surface area contributed by atoms with Crippen molar-refractivity contribution in [2.45, 2.75) is 20.3 Å². The Labute approximate surface area is 147 Å². The van der Waals surface area contributed by atoms with Gasteiger partial charge in [0, 0.05) is 12.1 Å². The zero-order valence-electron chi connectivity index (χ0n) is 14.7. The van der Waals surface area contributed by atoms with E-state index in [4.69, 9.17) is 5.73 Å². The van der Waals surface area contributed by atoms with Crippen LogP contribution in [0.25, 0.3) is 22.4 Å². The largest absolute Gasteiger partial charge is 0.366 e. The number of nitrogens with zero attached hydrogens (tertiary/aromatic N) is 2. The summed E-state index contributed by atoms with van der Waals surface area (Å²) in [6, 6.07) is 13.8. The highest BCUT2D eigenvalue weighted by molar-refractivity contribution is 6.04. The number of imidazole rings is 1. The number of aromatic amines is 1. The number of nitrogens with one attached hydrogen (secondary N) is 1. The van der Waals surface area contributed by atoms with Gasteiger partial charge in [0.25, 0.3) is 5.91 Å². The number of benzene rings is 2. The first kappa shape index (κ1) is 17.2. The molecule has 3 aromatic rings. The van der Waals surface area contributed by atoms with Gasteiger partial charge in [0.15, 0.2) is 0 Å². The minimum atomic E-state index is -0.463. The Kier molecular flexibility index (Phi) is 5.14. The van der Waals surface area contributed by atoms with E-state index >= 15 is 0 Å². The van der Waals surface area contributed by atoms with Gasteiger partial charge in [-0.3, -0.25) is 4.79 Å². The van der Waals surface area contributed by atoms with E-state index in [2.05, 4.69) is 53.0 Å². The molecule has 0 bridgehead atoms. The van der Waals surface area contributed by atoms with Gasteiger partial charge in [-0.15, -0.1) is 0 Å². The third kappa shape index (κ3) is 3.72. The minimum Gasteiger partial charge on any atom is -0.366 e. The molecule has 0 spiro atoms. The Morgan fingerprint density at radius 1 is 1.12 bits per heavy atom. The van der Waals surface area contributed by atoms with Crippen molar-refractivity contribution < 1.29 is 4.79 Å². The Hall–Kier alpha value is -2.66. The molecule has 1 heterocycles. The highest BCUT2D eigenvalue weighted by atomic mass is 16.1. The van der Waals surface area contributed by atoms with Crippen LogP contribution in [-0.2, 0) is 6.42 Å². The summed E-state index contributed by atoms with van der Waals surface area (Å²) in [6.45, 7) is 7.60. The number of carbonyl (C=O) groups excluding carboxylic acids is 1. The summed E-state index contributed by atoms with van der Waals surface area (Å²) < 4.78 is 0. The molecule has 0 aliphatic carbocycles. The number of hydrogen-bond acceptors (Lipinski definition) is 3. The number of nitrogens with two attached hydrogens (primary N) is 1. The van der Waals surface area contributed by atoms with Gasteiger partial charge < -0.3 is 15.6 Å². The molecule has 3 rings (SSSR count). The maximum atomic E-state index is 11.5. The van der Waals surface area contributed by atoms with Gasteiger partial charge in [-0.2, -0.15) is 0 Å². The van der Waals surface area contributed by atoms with Crippen LogP contribution >= 0.6 is 0 Å². The summed E-state index contributed by atoms with van der Waals surface area (Å²) >= 11 is 0. The topological polar surface area (TPSA) is 75.0 Å². The monoisotopic (exact) mass is 336 g/mol. The van der Waals surface area contributed by atoms with Gasteiger partial charge in [-0.05, 0) is 37.2 Å². The second-order valence-electron chi connectivity index (χ2n) is 6.13. The van der Waals surface area contributed by atoms with Crippen molar-refractivity contribution in [2.24, 2.45) is 5.73 Å². The minimum absolute atomic E-state index is 0.441. The van der Waals surface area contributed by atoms with E-state index in [-0.39, 0.29) is 0 Å². The van der Waals surface area contributed by atoms with Crippen LogP contribution in [0.15, 0.2) is 42.5 Å². The summed E-state index contributed by atoms with van der Waals surface area (Å²) in [4.78, 5) is 21.8. The maximum absolute atomic E-state index is 11.5. The molecule has 0 unspecified atom stereocenters. The molecule has 5 heteroatoms. The quantitative estimate of drug-likeness (QED) is 0.695. The molecule has 0 atom stereocenters. The van der Waals surface area contributed by atoms with E-state index in [0.29, 0.717) is 11.1 Å². The first-order chi connectivity index (χ1) is 12.1. The lowest BCUT2D eigenvalue weighted by Crippen LogP contribution is -2.25. The third-order valence-electron chi connectivity index (χ3n) is 4.62. The van der Waals surface area contributed by atoms with Gasteiger partial charge in [-0.1, -0.05) is 44.2 Å². The van der Waals surface area contributed by atoms with Crippen molar-refractivity contribution in [1.82, 2.24) is 14.9 Å². The van der Waals surface area contributed by atoms with Crippen LogP contribution < -0.4 is 5.73 Å². The fraction of sp³-hybridized carbons (Fsp3) is 0.300. The highest BCUT2D eigenvalue weighted by Gasteiger charge is 2.12. The molecule has 0 aliphatic rings. The number of para-hydroxylation sites is 1. The average molecular weight is 336 g/mol. The Balaban J connectivity index is 1.82. The van der Waals surface area contributed by atoms with Crippen LogP contribution in [0.1, 0.15) is 29.8 Å². The van der Waals surface area contributed by atoms with E-state index < -0.39 is 5.91 Å². The number of H-pyrrole nitrogens is 1. The van der Waals surface area contributed by atoms with E-state index in [1.54, 1.807) is 12.1 Å². The lowest BCUT2D eigenvalue weighted by atomic mass is 10.1. The predicted molar refractivity (Wildman–Crippen MR) is 102 cm³/mol. The molecule has 0 saturated heterocycles. The zero-order valence-corrected chi connectivity index (χ0v) is 14.7. The molecular weight excluding hydrogens is 312 g/mol. The molecule has 1 amide bonds. The number of primary amides is 1. The Bertz CT molecular complexity index is 863. The number of amides is 1. The molecule has 0 saturated carbocycles. The van der Waals surface area contributed by atoms with Crippen molar-refractivity contribution in [3.05, 3.63) is 53.6 Å². The lowest BCUT2D eigenvalue weighted by Gasteiger charge is -2.17. The van der Waals surface area contributed by atoms with Crippen molar-refractivity contribution in [3.8, 4) is 11.4 Å². The van der Waals surface area contributed by atoms with Gasteiger partial charge in [0.2, 0.25) is 0 Å². The van der Waals surface area contributed by atoms with Crippen molar-refractivity contribution >= 4 is 16.9 Å². The van der Waals surface area contributed by atoms with Crippen molar-refractivity contribution in [2.75, 3.05) is 19.6 Å². The lowest BCUT2D eigenvalue weighted by molar-refractivity contribution is 0.100. The standard InChI is InChI=1S/C20H24N4O/c1-3-24(4-2)13-12-14-8-10-15(11-9-14)20-22-17-7-5-6-16(19(21)25)18(17)23-20/h5-11H,3-4,12-13H2,1-2H3,(H2,21,25)(H,22,23). The fourth-order valence-corrected chi connectivity index (χ4v) is 3.02. The SMILES string of the molecule is CCN(CC)CCc1ccc(-c2nc3c(C(N)=O)cccc3[nH]2)cc1. The molecular formula is C20H24N4O. The first-order valence-electron chi connectivity index (χ1n) is 8.72. The normalized spacial score (nSPS) is 11.3. The van der Waals surface area contributed by atoms with E-state index in [0.717, 1.165) is 43.0 Å². The molecule has 130 valence electrons. The second-order valence-corrected chi connectivity index (χ2v) is 6.13. The van der Waals surface area contributed by atoms with Crippen molar-refractivity contribution in [3.63, 3.8) is 0 Å². The van der Waals surface area contributed by atoms with Gasteiger partial charge in [0.05, 0.1) is 11.1 Å². The average Bonchev–Trinajstić information content (AvgIpc) is 3.07. The number of hydrogen-bond donors (Lipinski definition) is 2. The molecule has 0 aliphatic heterocycles. The number of rotatable bonds is 7. The first-order valence-corrected chi connectivity index (χ1v) is 8.72.